The lowest BCUT2D eigenvalue weighted by atomic mass is 9.77. The van der Waals surface area contributed by atoms with E-state index in [1.807, 2.05) is 33.8 Å². The van der Waals surface area contributed by atoms with Crippen molar-refractivity contribution in [1.82, 2.24) is 0 Å². The maximum absolute atomic E-state index is 9.62. The number of benzene rings is 1. The van der Waals surface area contributed by atoms with Crippen molar-refractivity contribution in [2.24, 2.45) is 0 Å². The van der Waals surface area contributed by atoms with Crippen LogP contribution < -0.4 is 0 Å². The van der Waals surface area contributed by atoms with Gasteiger partial charge in [-0.05, 0) is 66.8 Å². The third kappa shape index (κ3) is 3.34. The molecule has 21 heavy (non-hydrogen) atoms. The summed E-state index contributed by atoms with van der Waals surface area (Å²) in [5.41, 5.74) is 0.604. The standard InChI is InChI=1S/C15H20BBrO4/c1-14(2)15(3,4)21-16(20-14)11(9-18)7-10-5-6-13(19)12(17)8-10/h5-8,18-19H,9H2,1-4H3. The van der Waals surface area contributed by atoms with E-state index in [0.29, 0.717) is 9.95 Å². The minimum absolute atomic E-state index is 0.157. The van der Waals surface area contributed by atoms with Crippen LogP contribution in [0, 0.1) is 0 Å². The summed E-state index contributed by atoms with van der Waals surface area (Å²) in [7, 11) is -0.576. The maximum atomic E-state index is 9.62. The number of halogens is 1. The van der Waals surface area contributed by atoms with Crippen molar-refractivity contribution in [3.8, 4) is 5.75 Å². The van der Waals surface area contributed by atoms with Gasteiger partial charge < -0.3 is 19.5 Å². The Balaban J connectivity index is 2.28. The first-order valence-electron chi connectivity index (χ1n) is 6.82. The van der Waals surface area contributed by atoms with Crippen LogP contribution in [0.4, 0.5) is 0 Å². The number of phenolic OH excluding ortho intramolecular Hbond substituents is 1. The van der Waals surface area contributed by atoms with Crippen LogP contribution in [0.5, 0.6) is 5.75 Å². The Morgan fingerprint density at radius 2 is 1.81 bits per heavy atom. The zero-order valence-electron chi connectivity index (χ0n) is 12.7. The monoisotopic (exact) mass is 354 g/mol. The summed E-state index contributed by atoms with van der Waals surface area (Å²) in [6, 6.07) is 5.13. The molecule has 1 heterocycles. The first kappa shape index (κ1) is 16.6. The van der Waals surface area contributed by atoms with Crippen LogP contribution in [-0.4, -0.2) is 35.1 Å². The van der Waals surface area contributed by atoms with Crippen LogP contribution in [0.25, 0.3) is 6.08 Å². The summed E-state index contributed by atoms with van der Waals surface area (Å²) in [5.74, 6) is 0.174. The molecule has 0 aromatic heterocycles. The Hall–Kier alpha value is -0.815. The van der Waals surface area contributed by atoms with E-state index < -0.39 is 18.3 Å². The lowest BCUT2D eigenvalue weighted by molar-refractivity contribution is 0.00578. The molecular weight excluding hydrogens is 335 g/mol. The SMILES string of the molecule is CC1(C)OB(C(=Cc2ccc(O)c(Br)c2)CO)OC1(C)C. The number of hydrogen-bond acceptors (Lipinski definition) is 4. The quantitative estimate of drug-likeness (QED) is 0.818. The van der Waals surface area contributed by atoms with Gasteiger partial charge in [-0.2, -0.15) is 0 Å². The zero-order chi connectivity index (χ0) is 15.8. The Labute approximate surface area is 134 Å². The van der Waals surface area contributed by atoms with Crippen LogP contribution in [0.2, 0.25) is 0 Å². The first-order chi connectivity index (χ1) is 9.66. The van der Waals surface area contributed by atoms with E-state index in [1.165, 1.54) is 0 Å². The molecule has 4 nitrogen and oxygen atoms in total. The third-order valence-corrected chi connectivity index (χ3v) is 4.70. The molecule has 0 amide bonds. The molecule has 0 aliphatic carbocycles. The fraction of sp³-hybridized carbons (Fsp3) is 0.467. The smallest absolute Gasteiger partial charge is 0.492 e. The van der Waals surface area contributed by atoms with Gasteiger partial charge in [0, 0.05) is 0 Å². The molecule has 0 spiro atoms. The van der Waals surface area contributed by atoms with Crippen LogP contribution in [0.15, 0.2) is 28.1 Å². The Morgan fingerprint density at radius 1 is 1.24 bits per heavy atom. The highest BCUT2D eigenvalue weighted by molar-refractivity contribution is 9.10. The highest BCUT2D eigenvalue weighted by Crippen LogP contribution is 2.38. The Morgan fingerprint density at radius 3 is 2.29 bits per heavy atom. The number of rotatable bonds is 3. The lowest BCUT2D eigenvalue weighted by Crippen LogP contribution is -2.41. The second-order valence-electron chi connectivity index (χ2n) is 6.18. The predicted octanol–water partition coefficient (Wildman–Crippen LogP) is 3.16. The van der Waals surface area contributed by atoms with E-state index >= 15 is 0 Å². The van der Waals surface area contributed by atoms with Crippen LogP contribution in [0.1, 0.15) is 33.3 Å². The van der Waals surface area contributed by atoms with Gasteiger partial charge in [-0.25, -0.2) is 0 Å². The molecular formula is C15H20BBrO4. The maximum Gasteiger partial charge on any atom is 0.492 e. The molecule has 1 fully saturated rings. The zero-order valence-corrected chi connectivity index (χ0v) is 14.3. The molecule has 1 aromatic rings. The summed E-state index contributed by atoms with van der Waals surface area (Å²) in [4.78, 5) is 0. The van der Waals surface area contributed by atoms with Crippen LogP contribution >= 0.6 is 15.9 Å². The molecule has 2 rings (SSSR count). The number of aromatic hydroxyl groups is 1. The van der Waals surface area contributed by atoms with Crippen molar-refractivity contribution in [3.05, 3.63) is 33.7 Å². The molecule has 114 valence electrons. The molecule has 1 saturated heterocycles. The molecule has 0 bridgehead atoms. The van der Waals surface area contributed by atoms with Gasteiger partial charge in [0.15, 0.2) is 0 Å². The second-order valence-corrected chi connectivity index (χ2v) is 7.03. The Bertz CT molecular complexity index is 553. The van der Waals surface area contributed by atoms with Gasteiger partial charge in [-0.15, -0.1) is 0 Å². The minimum Gasteiger partial charge on any atom is -0.507 e. The highest BCUT2D eigenvalue weighted by Gasteiger charge is 2.52. The molecule has 1 aromatic carbocycles. The Kier molecular flexibility index (Phi) is 4.54. The van der Waals surface area contributed by atoms with E-state index in [4.69, 9.17) is 9.31 Å². The van der Waals surface area contributed by atoms with Gasteiger partial charge in [0.1, 0.15) is 5.75 Å². The normalized spacial score (nSPS) is 20.9. The minimum atomic E-state index is -0.576. The van der Waals surface area contributed by atoms with Gasteiger partial charge in [-0.3, -0.25) is 0 Å². The van der Waals surface area contributed by atoms with Gasteiger partial charge in [0.05, 0.1) is 22.3 Å². The average Bonchev–Trinajstić information content (AvgIpc) is 2.59. The second kappa shape index (κ2) is 5.76. The molecule has 6 heteroatoms. The molecule has 0 atom stereocenters. The van der Waals surface area contributed by atoms with Crippen molar-refractivity contribution >= 4 is 29.1 Å². The van der Waals surface area contributed by atoms with E-state index in [9.17, 15) is 10.2 Å². The van der Waals surface area contributed by atoms with Gasteiger partial charge >= 0.3 is 7.12 Å². The summed E-state index contributed by atoms with van der Waals surface area (Å²) < 4.78 is 12.5. The van der Waals surface area contributed by atoms with Gasteiger partial charge in [-0.1, -0.05) is 12.1 Å². The number of aliphatic hydroxyl groups is 1. The lowest BCUT2D eigenvalue weighted by Gasteiger charge is -2.32. The van der Waals surface area contributed by atoms with Gasteiger partial charge in [0.25, 0.3) is 0 Å². The molecule has 1 aliphatic rings. The van der Waals surface area contributed by atoms with Crippen molar-refractivity contribution in [2.75, 3.05) is 6.61 Å². The summed E-state index contributed by atoms with van der Waals surface area (Å²) in [5, 5.41) is 19.1. The van der Waals surface area contributed by atoms with Crippen LogP contribution in [-0.2, 0) is 9.31 Å². The van der Waals surface area contributed by atoms with Crippen molar-refractivity contribution in [2.45, 2.75) is 38.9 Å². The van der Waals surface area contributed by atoms with E-state index in [0.717, 1.165) is 5.56 Å². The summed E-state index contributed by atoms with van der Waals surface area (Å²) >= 11 is 3.27. The largest absolute Gasteiger partial charge is 0.507 e. The highest BCUT2D eigenvalue weighted by atomic mass is 79.9. The summed E-state index contributed by atoms with van der Waals surface area (Å²) in [6.45, 7) is 7.73. The van der Waals surface area contributed by atoms with Crippen molar-refractivity contribution in [3.63, 3.8) is 0 Å². The number of hydrogen-bond donors (Lipinski definition) is 2. The van der Waals surface area contributed by atoms with E-state index in [1.54, 1.807) is 18.2 Å². The molecule has 1 aliphatic heterocycles. The fourth-order valence-corrected chi connectivity index (χ4v) is 2.41. The van der Waals surface area contributed by atoms with E-state index in [2.05, 4.69) is 15.9 Å². The first-order valence-corrected chi connectivity index (χ1v) is 7.61. The summed E-state index contributed by atoms with van der Waals surface area (Å²) in [6.07, 6.45) is 1.81. The molecule has 2 N–H and O–H groups in total. The molecule has 0 radical (unpaired) electrons. The molecule has 0 saturated carbocycles. The predicted molar refractivity (Wildman–Crippen MR) is 87.0 cm³/mol. The van der Waals surface area contributed by atoms with Crippen molar-refractivity contribution in [1.29, 1.82) is 0 Å². The third-order valence-electron chi connectivity index (χ3n) is 4.06. The number of phenols is 1. The van der Waals surface area contributed by atoms with Gasteiger partial charge in [0.2, 0.25) is 0 Å². The average molecular weight is 355 g/mol. The van der Waals surface area contributed by atoms with E-state index in [-0.39, 0.29) is 12.4 Å². The van der Waals surface area contributed by atoms with Crippen molar-refractivity contribution < 1.29 is 19.5 Å². The number of aliphatic hydroxyl groups excluding tert-OH is 1. The topological polar surface area (TPSA) is 58.9 Å². The molecule has 0 unspecified atom stereocenters. The fourth-order valence-electron chi connectivity index (χ4n) is 2.01. The van der Waals surface area contributed by atoms with Crippen LogP contribution in [0.3, 0.4) is 0 Å².